The summed E-state index contributed by atoms with van der Waals surface area (Å²) in [4.78, 5) is 42.5. The van der Waals surface area contributed by atoms with Gasteiger partial charge in [0.1, 0.15) is 6.54 Å². The number of nitrogens with zero attached hydrogens (tertiary/aromatic N) is 2. The minimum atomic E-state index is -0.462. The Labute approximate surface area is 194 Å². The zero-order chi connectivity index (χ0) is 23.1. The van der Waals surface area contributed by atoms with Crippen LogP contribution >= 0.6 is 23.1 Å². The second-order valence-electron chi connectivity index (χ2n) is 6.71. The third-order valence-electron chi connectivity index (χ3n) is 4.51. The largest absolute Gasteiger partial charge is 0.465 e. The molecule has 0 fully saturated rings. The van der Waals surface area contributed by atoms with Crippen molar-refractivity contribution < 1.29 is 23.9 Å². The summed E-state index contributed by atoms with van der Waals surface area (Å²) in [6.45, 7) is 3.99. The molecule has 3 rings (SSSR count). The van der Waals surface area contributed by atoms with Crippen molar-refractivity contribution in [2.45, 2.75) is 31.7 Å². The molecule has 1 heterocycles. The molecule has 0 bridgehead atoms. The lowest BCUT2D eigenvalue weighted by molar-refractivity contribution is -0.143. The third-order valence-corrected chi connectivity index (χ3v) is 6.44. The van der Waals surface area contributed by atoms with Crippen molar-refractivity contribution in [3.8, 4) is 0 Å². The van der Waals surface area contributed by atoms with Crippen LogP contribution in [0, 0.1) is 0 Å². The summed E-state index contributed by atoms with van der Waals surface area (Å²) in [5.74, 6) is -0.227. The van der Waals surface area contributed by atoms with Gasteiger partial charge in [0.25, 0.3) is 5.91 Å². The molecule has 0 unspecified atom stereocenters. The first-order valence-corrected chi connectivity index (χ1v) is 11.9. The van der Waals surface area contributed by atoms with Crippen molar-refractivity contribution in [1.82, 2.24) is 4.57 Å². The maximum atomic E-state index is 12.7. The van der Waals surface area contributed by atoms with Crippen molar-refractivity contribution in [1.29, 1.82) is 0 Å². The highest BCUT2D eigenvalue weighted by Gasteiger charge is 2.15. The number of carbonyl (C=O) groups excluding carboxylic acids is 3. The van der Waals surface area contributed by atoms with Crippen LogP contribution in [-0.2, 0) is 32.0 Å². The molecule has 0 aliphatic carbocycles. The van der Waals surface area contributed by atoms with Gasteiger partial charge < -0.3 is 14.0 Å². The molecular formula is C23H24N2O5S2. The number of carbonyl (C=O) groups is 3. The van der Waals surface area contributed by atoms with Crippen LogP contribution in [0.3, 0.4) is 0 Å². The average Bonchev–Trinajstić information content (AvgIpc) is 3.10. The second-order valence-corrected chi connectivity index (χ2v) is 9.06. The van der Waals surface area contributed by atoms with Gasteiger partial charge in [-0.1, -0.05) is 30.4 Å². The van der Waals surface area contributed by atoms with E-state index in [1.807, 2.05) is 24.3 Å². The van der Waals surface area contributed by atoms with Crippen LogP contribution in [0.4, 0.5) is 0 Å². The Kier molecular flexibility index (Phi) is 8.24. The molecule has 1 amide bonds. The van der Waals surface area contributed by atoms with E-state index in [1.54, 1.807) is 41.5 Å². The van der Waals surface area contributed by atoms with Gasteiger partial charge in [0.2, 0.25) is 0 Å². The molecule has 1 aromatic heterocycles. The van der Waals surface area contributed by atoms with Crippen LogP contribution in [-0.4, -0.2) is 41.9 Å². The molecule has 0 spiro atoms. The number of esters is 2. The standard InChI is InChI=1S/C23H24N2O5S2/c1-4-30-21(27)14-25-18-11-8-16(22(28)29-3)13-19(18)32-23(25)24-20(26)12-15-6-9-17(10-7-15)31-5-2/h6-11,13H,4-5,12,14H2,1-3H3. The highest BCUT2D eigenvalue weighted by Crippen LogP contribution is 2.21. The molecule has 0 radical (unpaired) electrons. The predicted molar refractivity (Wildman–Crippen MR) is 125 cm³/mol. The van der Waals surface area contributed by atoms with Crippen molar-refractivity contribution in [2.75, 3.05) is 19.5 Å². The topological polar surface area (TPSA) is 87.0 Å². The molecule has 0 saturated heterocycles. The van der Waals surface area contributed by atoms with Gasteiger partial charge >= 0.3 is 11.9 Å². The zero-order valence-electron chi connectivity index (χ0n) is 18.1. The number of rotatable bonds is 8. The van der Waals surface area contributed by atoms with E-state index < -0.39 is 11.9 Å². The Morgan fingerprint density at radius 2 is 1.84 bits per heavy atom. The lowest BCUT2D eigenvalue weighted by Gasteiger charge is -2.06. The molecule has 0 saturated carbocycles. The molecule has 2 aromatic carbocycles. The van der Waals surface area contributed by atoms with E-state index in [9.17, 15) is 14.4 Å². The number of thioether (sulfide) groups is 1. The summed E-state index contributed by atoms with van der Waals surface area (Å²) in [6.07, 6.45) is 0.151. The zero-order valence-corrected chi connectivity index (χ0v) is 19.8. The third kappa shape index (κ3) is 5.86. The molecule has 7 nitrogen and oxygen atoms in total. The molecule has 0 N–H and O–H groups in total. The van der Waals surface area contributed by atoms with Crippen LogP contribution < -0.4 is 4.80 Å². The SMILES string of the molecule is CCOC(=O)Cn1c(=NC(=O)Cc2ccc(SCC)cc2)sc2cc(C(=O)OC)ccc21. The minimum absolute atomic E-state index is 0.0829. The summed E-state index contributed by atoms with van der Waals surface area (Å²) in [7, 11) is 1.31. The Balaban J connectivity index is 1.96. The molecular weight excluding hydrogens is 448 g/mol. The summed E-state index contributed by atoms with van der Waals surface area (Å²) in [5, 5.41) is 0. The van der Waals surface area contributed by atoms with Crippen molar-refractivity contribution in [3.63, 3.8) is 0 Å². The van der Waals surface area contributed by atoms with Gasteiger partial charge in [-0.25, -0.2) is 4.79 Å². The van der Waals surface area contributed by atoms with E-state index in [0.717, 1.165) is 16.2 Å². The van der Waals surface area contributed by atoms with Gasteiger partial charge in [-0.05, 0) is 48.6 Å². The quantitative estimate of drug-likeness (QED) is 0.366. The van der Waals surface area contributed by atoms with Crippen LogP contribution in [0.15, 0.2) is 52.4 Å². The molecule has 0 aliphatic heterocycles. The van der Waals surface area contributed by atoms with E-state index in [0.29, 0.717) is 20.6 Å². The van der Waals surface area contributed by atoms with Gasteiger partial charge in [0.05, 0.1) is 35.9 Å². The van der Waals surface area contributed by atoms with Crippen molar-refractivity contribution in [2.24, 2.45) is 4.99 Å². The molecule has 0 aliphatic rings. The van der Waals surface area contributed by atoms with Crippen LogP contribution in [0.2, 0.25) is 0 Å². The van der Waals surface area contributed by atoms with Crippen LogP contribution in [0.1, 0.15) is 29.8 Å². The Bertz CT molecular complexity index is 1200. The van der Waals surface area contributed by atoms with E-state index in [-0.39, 0.29) is 25.5 Å². The number of thiazole rings is 1. The summed E-state index contributed by atoms with van der Waals surface area (Å²) < 4.78 is 12.2. The first-order valence-electron chi connectivity index (χ1n) is 10.1. The number of aromatic nitrogens is 1. The molecule has 9 heteroatoms. The predicted octanol–water partition coefficient (Wildman–Crippen LogP) is 3.83. The monoisotopic (exact) mass is 472 g/mol. The first kappa shape index (κ1) is 23.7. The van der Waals surface area contributed by atoms with Crippen LogP contribution in [0.25, 0.3) is 10.2 Å². The lowest BCUT2D eigenvalue weighted by atomic mass is 10.1. The number of benzene rings is 2. The number of hydrogen-bond acceptors (Lipinski definition) is 7. The fourth-order valence-electron chi connectivity index (χ4n) is 3.08. The summed E-state index contributed by atoms with van der Waals surface area (Å²) >= 11 is 2.97. The Morgan fingerprint density at radius 1 is 1.09 bits per heavy atom. The molecule has 32 heavy (non-hydrogen) atoms. The van der Waals surface area contributed by atoms with Crippen molar-refractivity contribution >= 4 is 51.2 Å². The smallest absolute Gasteiger partial charge is 0.337 e. The van der Waals surface area contributed by atoms with E-state index in [4.69, 9.17) is 9.47 Å². The second kappa shape index (κ2) is 11.1. The molecule has 168 valence electrons. The highest BCUT2D eigenvalue weighted by atomic mass is 32.2. The highest BCUT2D eigenvalue weighted by molar-refractivity contribution is 7.99. The van der Waals surface area contributed by atoms with E-state index in [1.165, 1.54) is 18.4 Å². The maximum Gasteiger partial charge on any atom is 0.337 e. The van der Waals surface area contributed by atoms with E-state index >= 15 is 0 Å². The Hall–Kier alpha value is -2.91. The number of hydrogen-bond donors (Lipinski definition) is 0. The Morgan fingerprint density at radius 3 is 2.50 bits per heavy atom. The summed E-state index contributed by atoms with van der Waals surface area (Å²) in [5.41, 5.74) is 1.93. The van der Waals surface area contributed by atoms with Gasteiger partial charge in [0.15, 0.2) is 4.80 Å². The normalized spacial score (nSPS) is 11.5. The van der Waals surface area contributed by atoms with Gasteiger partial charge in [-0.2, -0.15) is 4.99 Å². The van der Waals surface area contributed by atoms with Gasteiger partial charge in [0, 0.05) is 4.90 Å². The number of methoxy groups -OCH3 is 1. The number of amides is 1. The van der Waals surface area contributed by atoms with Gasteiger partial charge in [-0.15, -0.1) is 11.8 Å². The van der Waals surface area contributed by atoms with Crippen molar-refractivity contribution in [3.05, 3.63) is 58.4 Å². The lowest BCUT2D eigenvalue weighted by Crippen LogP contribution is -2.23. The first-order chi connectivity index (χ1) is 15.4. The van der Waals surface area contributed by atoms with Crippen LogP contribution in [0.5, 0.6) is 0 Å². The molecule has 3 aromatic rings. The molecule has 0 atom stereocenters. The average molecular weight is 473 g/mol. The fraction of sp³-hybridized carbons (Fsp3) is 0.304. The number of fused-ring (bicyclic) bond motifs is 1. The minimum Gasteiger partial charge on any atom is -0.465 e. The maximum absolute atomic E-state index is 12.7. The van der Waals surface area contributed by atoms with E-state index in [2.05, 4.69) is 11.9 Å². The fourth-order valence-corrected chi connectivity index (χ4v) is 4.83. The number of ether oxygens (including phenoxy) is 2. The summed E-state index contributed by atoms with van der Waals surface area (Å²) in [6, 6.07) is 12.8. The van der Waals surface area contributed by atoms with Gasteiger partial charge in [-0.3, -0.25) is 9.59 Å².